The Balaban J connectivity index is 1.57. The summed E-state index contributed by atoms with van der Waals surface area (Å²) in [4.78, 5) is 27.6. The van der Waals surface area contributed by atoms with E-state index in [1.54, 1.807) is 0 Å². The molecule has 9 heteroatoms. The lowest BCUT2D eigenvalue weighted by Gasteiger charge is -2.45. The minimum absolute atomic E-state index is 0.0523. The zero-order valence-electron chi connectivity index (χ0n) is 20.8. The highest BCUT2D eigenvalue weighted by Crippen LogP contribution is 2.48. The normalized spacial score (nSPS) is 21.3. The van der Waals surface area contributed by atoms with Gasteiger partial charge in [0.15, 0.2) is 0 Å². The number of esters is 1. The van der Waals surface area contributed by atoms with Gasteiger partial charge in [-0.1, -0.05) is 58.4 Å². The number of alkyl halides is 3. The van der Waals surface area contributed by atoms with Crippen LogP contribution in [0.3, 0.4) is 0 Å². The second-order valence-corrected chi connectivity index (χ2v) is 11.1. The van der Waals surface area contributed by atoms with Crippen LogP contribution in [0, 0.1) is 5.41 Å². The van der Waals surface area contributed by atoms with E-state index >= 15 is 0 Å². The smallest absolute Gasteiger partial charge is 0.469 e. The number of piperidine rings is 1. The molecule has 37 heavy (non-hydrogen) atoms. The summed E-state index contributed by atoms with van der Waals surface area (Å²) in [7, 11) is 1.36. The first-order valence-corrected chi connectivity index (χ1v) is 13.4. The van der Waals surface area contributed by atoms with Gasteiger partial charge in [0.1, 0.15) is 0 Å². The molecule has 0 aromatic heterocycles. The SMILES string of the molecule is COC(=O)CCN1CCC(Cc2cccc(Br)c2)(CN(C(=O)C(F)(F)F)[C@@H]2CC2c2ccccc2)CC1. The summed E-state index contributed by atoms with van der Waals surface area (Å²) in [5.74, 6) is -2.12. The number of amides is 1. The Morgan fingerprint density at radius 3 is 2.43 bits per heavy atom. The van der Waals surface area contributed by atoms with Crippen molar-refractivity contribution in [2.75, 3.05) is 33.3 Å². The maximum Gasteiger partial charge on any atom is 0.471 e. The lowest BCUT2D eigenvalue weighted by atomic mass is 9.73. The molecule has 1 unspecified atom stereocenters. The number of halogens is 4. The minimum atomic E-state index is -4.93. The Morgan fingerprint density at radius 2 is 1.81 bits per heavy atom. The first-order valence-electron chi connectivity index (χ1n) is 12.6. The molecule has 2 aromatic carbocycles. The second-order valence-electron chi connectivity index (χ2n) is 10.2. The summed E-state index contributed by atoms with van der Waals surface area (Å²) < 4.78 is 47.0. The first-order chi connectivity index (χ1) is 17.6. The number of ether oxygens (including phenoxy) is 1. The summed E-state index contributed by atoms with van der Waals surface area (Å²) in [5, 5.41) is 0. The van der Waals surface area contributed by atoms with Crippen LogP contribution in [0.1, 0.15) is 42.7 Å². The molecule has 2 atom stereocenters. The number of carbonyl (C=O) groups is 2. The number of benzene rings is 2. The molecule has 1 heterocycles. The fraction of sp³-hybridized carbons (Fsp3) is 0.500. The van der Waals surface area contributed by atoms with Gasteiger partial charge in [0.05, 0.1) is 13.5 Å². The van der Waals surface area contributed by atoms with Gasteiger partial charge in [-0.2, -0.15) is 13.2 Å². The van der Waals surface area contributed by atoms with E-state index in [0.717, 1.165) is 20.5 Å². The lowest BCUT2D eigenvalue weighted by molar-refractivity contribution is -0.188. The van der Waals surface area contributed by atoms with Crippen molar-refractivity contribution in [2.45, 2.75) is 50.2 Å². The third-order valence-corrected chi connectivity index (χ3v) is 8.13. The van der Waals surface area contributed by atoms with Crippen LogP contribution >= 0.6 is 15.9 Å². The van der Waals surface area contributed by atoms with Crippen LogP contribution < -0.4 is 0 Å². The number of rotatable bonds is 9. The van der Waals surface area contributed by atoms with Crippen LogP contribution in [0.25, 0.3) is 0 Å². The molecule has 0 bridgehead atoms. The number of methoxy groups -OCH3 is 1. The third kappa shape index (κ3) is 7.13. The van der Waals surface area contributed by atoms with Gasteiger partial charge in [-0.15, -0.1) is 0 Å². The molecular formula is C28H32BrF3N2O3. The number of hydrogen-bond acceptors (Lipinski definition) is 4. The Bertz CT molecular complexity index is 1090. The Hall–Kier alpha value is -2.39. The van der Waals surface area contributed by atoms with Gasteiger partial charge in [-0.3, -0.25) is 9.59 Å². The van der Waals surface area contributed by atoms with Crippen LogP contribution in [0.5, 0.6) is 0 Å². The molecule has 1 saturated heterocycles. The first kappa shape index (κ1) is 27.6. The number of nitrogens with zero attached hydrogens (tertiary/aromatic N) is 2. The fourth-order valence-corrected chi connectivity index (χ4v) is 5.97. The summed E-state index contributed by atoms with van der Waals surface area (Å²) >= 11 is 3.50. The van der Waals surface area contributed by atoms with Crippen LogP contribution in [0.4, 0.5) is 13.2 Å². The average molecular weight is 581 g/mol. The van der Waals surface area contributed by atoms with E-state index < -0.39 is 23.5 Å². The lowest BCUT2D eigenvalue weighted by Crippen LogP contribution is -2.52. The van der Waals surface area contributed by atoms with Crippen molar-refractivity contribution in [3.8, 4) is 0 Å². The predicted octanol–water partition coefficient (Wildman–Crippen LogP) is 5.58. The second kappa shape index (κ2) is 11.6. The van der Waals surface area contributed by atoms with Gasteiger partial charge >= 0.3 is 18.1 Å². The van der Waals surface area contributed by atoms with Gasteiger partial charge in [-0.05, 0) is 67.4 Å². The van der Waals surface area contributed by atoms with Crippen LogP contribution in [0.2, 0.25) is 0 Å². The fourth-order valence-electron chi connectivity index (χ4n) is 5.52. The number of likely N-dealkylation sites (tertiary alicyclic amines) is 1. The Labute approximate surface area is 224 Å². The zero-order chi connectivity index (χ0) is 26.6. The molecule has 1 aliphatic carbocycles. The van der Waals surface area contributed by atoms with Crippen molar-refractivity contribution >= 4 is 27.8 Å². The van der Waals surface area contributed by atoms with E-state index in [0.29, 0.717) is 45.3 Å². The summed E-state index contributed by atoms with van der Waals surface area (Å²) in [6.07, 6.45) is -2.29. The number of hydrogen-bond donors (Lipinski definition) is 0. The largest absolute Gasteiger partial charge is 0.471 e. The molecule has 1 amide bonds. The number of carbonyl (C=O) groups excluding carboxylic acids is 2. The van der Waals surface area contributed by atoms with Gasteiger partial charge in [0.25, 0.3) is 0 Å². The third-order valence-electron chi connectivity index (χ3n) is 7.64. The standard InChI is InChI=1S/C28H32BrF3N2O3/c1-37-25(35)10-13-33-14-11-27(12-15-33,18-20-6-5-9-22(29)16-20)19-34(26(36)28(30,31)32)24-17-23(24)21-7-3-2-4-8-21/h2-9,16,23-24H,10-15,17-19H2,1H3/t23?,24-/m1/s1. The molecule has 0 radical (unpaired) electrons. The minimum Gasteiger partial charge on any atom is -0.469 e. The molecule has 2 fully saturated rings. The maximum atomic E-state index is 13.8. The van der Waals surface area contributed by atoms with Crippen molar-refractivity contribution in [1.29, 1.82) is 0 Å². The molecule has 0 spiro atoms. The average Bonchev–Trinajstić information content (AvgIpc) is 3.67. The predicted molar refractivity (Wildman–Crippen MR) is 138 cm³/mol. The zero-order valence-corrected chi connectivity index (χ0v) is 22.4. The topological polar surface area (TPSA) is 49.9 Å². The van der Waals surface area contributed by atoms with Crippen molar-refractivity contribution in [2.24, 2.45) is 5.41 Å². The molecule has 200 valence electrons. The summed E-state index contributed by atoms with van der Waals surface area (Å²) in [5.41, 5.74) is 1.48. The van der Waals surface area contributed by atoms with Crippen molar-refractivity contribution < 1.29 is 27.5 Å². The monoisotopic (exact) mass is 580 g/mol. The Kier molecular flexibility index (Phi) is 8.63. The molecule has 1 aliphatic heterocycles. The summed E-state index contributed by atoms with van der Waals surface area (Å²) in [6.45, 7) is 1.89. The van der Waals surface area contributed by atoms with Crippen molar-refractivity contribution in [3.63, 3.8) is 0 Å². The molecule has 4 rings (SSSR count). The van der Waals surface area contributed by atoms with Crippen molar-refractivity contribution in [1.82, 2.24) is 9.80 Å². The van der Waals surface area contributed by atoms with E-state index in [1.165, 1.54) is 7.11 Å². The molecule has 2 aromatic rings. The van der Waals surface area contributed by atoms with E-state index in [9.17, 15) is 22.8 Å². The van der Waals surface area contributed by atoms with Gasteiger partial charge in [0, 0.05) is 29.5 Å². The molecule has 0 N–H and O–H groups in total. The molecule has 5 nitrogen and oxygen atoms in total. The molecule has 1 saturated carbocycles. The van der Waals surface area contributed by atoms with Crippen LogP contribution in [-0.2, 0) is 20.7 Å². The molecular weight excluding hydrogens is 549 g/mol. The van der Waals surface area contributed by atoms with Crippen molar-refractivity contribution in [3.05, 3.63) is 70.2 Å². The Morgan fingerprint density at radius 1 is 1.11 bits per heavy atom. The van der Waals surface area contributed by atoms with Crippen LogP contribution in [0.15, 0.2) is 59.1 Å². The van der Waals surface area contributed by atoms with E-state index in [1.807, 2.05) is 54.6 Å². The molecule has 2 aliphatic rings. The van der Waals surface area contributed by atoms with E-state index in [2.05, 4.69) is 20.8 Å². The highest BCUT2D eigenvalue weighted by molar-refractivity contribution is 9.10. The van der Waals surface area contributed by atoms with E-state index in [-0.39, 0.29) is 24.9 Å². The quantitative estimate of drug-likeness (QED) is 0.363. The van der Waals surface area contributed by atoms with Gasteiger partial charge < -0.3 is 14.5 Å². The van der Waals surface area contributed by atoms with Crippen LogP contribution in [-0.4, -0.2) is 67.2 Å². The summed E-state index contributed by atoms with van der Waals surface area (Å²) in [6, 6.07) is 16.8. The highest BCUT2D eigenvalue weighted by atomic mass is 79.9. The van der Waals surface area contributed by atoms with E-state index in [4.69, 9.17) is 4.74 Å². The highest BCUT2D eigenvalue weighted by Gasteiger charge is 2.54. The van der Waals surface area contributed by atoms with Gasteiger partial charge in [-0.25, -0.2) is 0 Å². The maximum absolute atomic E-state index is 13.8. The van der Waals surface area contributed by atoms with Gasteiger partial charge in [0.2, 0.25) is 0 Å².